The Morgan fingerprint density at radius 3 is 2.86 bits per heavy atom. The van der Waals surface area contributed by atoms with E-state index in [1.54, 1.807) is 0 Å². The first-order chi connectivity index (χ1) is 6.93. The summed E-state index contributed by atoms with van der Waals surface area (Å²) < 4.78 is 5.73. The van der Waals surface area contributed by atoms with Gasteiger partial charge in [-0.15, -0.1) is 0 Å². The average molecular weight is 189 g/mol. The van der Waals surface area contributed by atoms with Gasteiger partial charge in [-0.2, -0.15) is 0 Å². The van der Waals surface area contributed by atoms with E-state index in [0.717, 1.165) is 24.0 Å². The number of benzene rings is 1. The first-order valence-corrected chi connectivity index (χ1v) is 5.42. The molecule has 74 valence electrons. The molecule has 1 fully saturated rings. The van der Waals surface area contributed by atoms with Crippen LogP contribution in [0.1, 0.15) is 19.3 Å². The minimum atomic E-state index is 0.540. The molecule has 2 aliphatic rings. The van der Waals surface area contributed by atoms with Crippen molar-refractivity contribution >= 4 is 5.69 Å². The van der Waals surface area contributed by atoms with Crippen LogP contribution in [0.15, 0.2) is 24.3 Å². The van der Waals surface area contributed by atoms with Gasteiger partial charge >= 0.3 is 0 Å². The lowest BCUT2D eigenvalue weighted by Crippen LogP contribution is -2.40. The van der Waals surface area contributed by atoms with Crippen molar-refractivity contribution in [3.8, 4) is 5.75 Å². The Bertz CT molecular complexity index is 333. The quantitative estimate of drug-likeness (QED) is 0.733. The highest BCUT2D eigenvalue weighted by atomic mass is 16.5. The van der Waals surface area contributed by atoms with Crippen LogP contribution in [0.4, 0.5) is 5.69 Å². The standard InChI is InChI=1S/C12H15NO/c1-2-7-12-10(6-1)13-11(8-14-12)9-4-3-5-9/h1-2,6-7,9,11,13H,3-5,8H2. The van der Waals surface area contributed by atoms with Crippen LogP contribution in [0, 0.1) is 5.92 Å². The first-order valence-electron chi connectivity index (χ1n) is 5.42. The largest absolute Gasteiger partial charge is 0.489 e. The van der Waals surface area contributed by atoms with Gasteiger partial charge in [-0.1, -0.05) is 18.6 Å². The molecule has 1 atom stereocenters. The van der Waals surface area contributed by atoms with Gasteiger partial charge in [0.15, 0.2) is 0 Å². The van der Waals surface area contributed by atoms with Crippen LogP contribution in [0.3, 0.4) is 0 Å². The highest BCUT2D eigenvalue weighted by Gasteiger charge is 2.30. The summed E-state index contributed by atoms with van der Waals surface area (Å²) in [5, 5.41) is 3.57. The fourth-order valence-corrected chi connectivity index (χ4v) is 2.23. The van der Waals surface area contributed by atoms with Crippen molar-refractivity contribution in [3.63, 3.8) is 0 Å². The molecule has 0 amide bonds. The maximum atomic E-state index is 5.73. The smallest absolute Gasteiger partial charge is 0.142 e. The fourth-order valence-electron chi connectivity index (χ4n) is 2.23. The molecule has 3 rings (SSSR count). The predicted molar refractivity (Wildman–Crippen MR) is 56.7 cm³/mol. The van der Waals surface area contributed by atoms with E-state index in [-0.39, 0.29) is 0 Å². The number of hydrogen-bond acceptors (Lipinski definition) is 2. The Morgan fingerprint density at radius 1 is 1.21 bits per heavy atom. The average Bonchev–Trinajstić information content (AvgIpc) is 2.15. The lowest BCUT2D eigenvalue weighted by Gasteiger charge is -2.37. The van der Waals surface area contributed by atoms with Gasteiger partial charge in [0.2, 0.25) is 0 Å². The molecule has 0 radical (unpaired) electrons. The topological polar surface area (TPSA) is 21.3 Å². The van der Waals surface area contributed by atoms with Crippen LogP contribution in [0.25, 0.3) is 0 Å². The molecule has 14 heavy (non-hydrogen) atoms. The number of rotatable bonds is 1. The second-order valence-electron chi connectivity index (χ2n) is 4.25. The van der Waals surface area contributed by atoms with E-state index in [2.05, 4.69) is 17.4 Å². The lowest BCUT2D eigenvalue weighted by molar-refractivity contribution is 0.191. The fraction of sp³-hybridized carbons (Fsp3) is 0.500. The van der Waals surface area contributed by atoms with E-state index in [1.807, 2.05) is 12.1 Å². The Labute approximate surface area is 84.3 Å². The number of anilines is 1. The van der Waals surface area contributed by atoms with Crippen molar-refractivity contribution in [1.29, 1.82) is 0 Å². The van der Waals surface area contributed by atoms with Crippen molar-refractivity contribution in [2.45, 2.75) is 25.3 Å². The minimum Gasteiger partial charge on any atom is -0.489 e. The van der Waals surface area contributed by atoms with E-state index in [4.69, 9.17) is 4.74 Å². The van der Waals surface area contributed by atoms with Crippen LogP contribution in [-0.4, -0.2) is 12.6 Å². The van der Waals surface area contributed by atoms with Gasteiger partial charge in [0.05, 0.1) is 11.7 Å². The SMILES string of the molecule is c1ccc2c(c1)NC(C1CCC1)CO2. The third-order valence-electron chi connectivity index (χ3n) is 3.37. The van der Waals surface area contributed by atoms with Crippen LogP contribution < -0.4 is 10.1 Å². The van der Waals surface area contributed by atoms with Gasteiger partial charge in [0.1, 0.15) is 12.4 Å². The molecule has 0 aromatic heterocycles. The third-order valence-corrected chi connectivity index (χ3v) is 3.37. The second kappa shape index (κ2) is 3.19. The molecule has 1 saturated carbocycles. The van der Waals surface area contributed by atoms with Crippen molar-refractivity contribution in [2.24, 2.45) is 5.92 Å². The zero-order valence-electron chi connectivity index (χ0n) is 8.20. The van der Waals surface area contributed by atoms with Gasteiger partial charge in [-0.05, 0) is 30.9 Å². The lowest BCUT2D eigenvalue weighted by atomic mass is 9.79. The highest BCUT2D eigenvalue weighted by Crippen LogP contribution is 2.36. The summed E-state index contributed by atoms with van der Waals surface area (Å²) in [7, 11) is 0. The van der Waals surface area contributed by atoms with Crippen molar-refractivity contribution in [3.05, 3.63) is 24.3 Å². The summed E-state index contributed by atoms with van der Waals surface area (Å²) >= 11 is 0. The molecular weight excluding hydrogens is 174 g/mol. The summed E-state index contributed by atoms with van der Waals surface area (Å²) in [5.74, 6) is 1.84. The van der Waals surface area contributed by atoms with E-state index < -0.39 is 0 Å². The van der Waals surface area contributed by atoms with Crippen LogP contribution in [0.2, 0.25) is 0 Å². The summed E-state index contributed by atoms with van der Waals surface area (Å²) in [6.07, 6.45) is 4.12. The second-order valence-corrected chi connectivity index (χ2v) is 4.25. The van der Waals surface area contributed by atoms with E-state index >= 15 is 0 Å². The monoisotopic (exact) mass is 189 g/mol. The van der Waals surface area contributed by atoms with Crippen molar-refractivity contribution in [1.82, 2.24) is 0 Å². The van der Waals surface area contributed by atoms with Gasteiger partial charge in [0, 0.05) is 0 Å². The van der Waals surface area contributed by atoms with Crippen LogP contribution in [-0.2, 0) is 0 Å². The number of ether oxygens (including phenoxy) is 1. The molecule has 1 N–H and O–H groups in total. The molecule has 2 nitrogen and oxygen atoms in total. The molecule has 1 aliphatic carbocycles. The molecule has 0 saturated heterocycles. The van der Waals surface area contributed by atoms with Gasteiger partial charge < -0.3 is 10.1 Å². The maximum Gasteiger partial charge on any atom is 0.142 e. The molecule has 1 aromatic carbocycles. The van der Waals surface area contributed by atoms with Crippen molar-refractivity contribution < 1.29 is 4.74 Å². The third kappa shape index (κ3) is 1.26. The van der Waals surface area contributed by atoms with Gasteiger partial charge in [0.25, 0.3) is 0 Å². The van der Waals surface area contributed by atoms with Gasteiger partial charge in [-0.25, -0.2) is 0 Å². The van der Waals surface area contributed by atoms with Crippen molar-refractivity contribution in [2.75, 3.05) is 11.9 Å². The summed E-state index contributed by atoms with van der Waals surface area (Å²) in [5.41, 5.74) is 1.16. The number of para-hydroxylation sites is 2. The molecule has 1 heterocycles. The number of nitrogens with one attached hydrogen (secondary N) is 1. The summed E-state index contributed by atoms with van der Waals surface area (Å²) in [4.78, 5) is 0. The molecule has 1 aliphatic heterocycles. The highest BCUT2D eigenvalue weighted by molar-refractivity contribution is 5.58. The molecule has 0 bridgehead atoms. The molecule has 1 aromatic rings. The summed E-state index contributed by atoms with van der Waals surface area (Å²) in [6.45, 7) is 0.835. The normalized spacial score (nSPS) is 25.6. The van der Waals surface area contributed by atoms with E-state index in [0.29, 0.717) is 6.04 Å². The summed E-state index contributed by atoms with van der Waals surface area (Å²) in [6, 6.07) is 8.74. The zero-order valence-corrected chi connectivity index (χ0v) is 8.20. The Balaban J connectivity index is 1.79. The van der Waals surface area contributed by atoms with E-state index in [1.165, 1.54) is 19.3 Å². The van der Waals surface area contributed by atoms with Crippen LogP contribution >= 0.6 is 0 Å². The Morgan fingerprint density at radius 2 is 2.07 bits per heavy atom. The minimum absolute atomic E-state index is 0.540. The Kier molecular flexibility index (Phi) is 1.86. The maximum absolute atomic E-state index is 5.73. The number of fused-ring (bicyclic) bond motifs is 1. The molecular formula is C12H15NO. The first kappa shape index (κ1) is 8.16. The van der Waals surface area contributed by atoms with Gasteiger partial charge in [-0.3, -0.25) is 0 Å². The zero-order chi connectivity index (χ0) is 9.38. The molecule has 2 heteroatoms. The Hall–Kier alpha value is -1.18. The molecule has 0 spiro atoms. The van der Waals surface area contributed by atoms with E-state index in [9.17, 15) is 0 Å². The molecule has 1 unspecified atom stereocenters. The number of hydrogen-bond donors (Lipinski definition) is 1. The predicted octanol–water partition coefficient (Wildman–Crippen LogP) is 2.66. The van der Waals surface area contributed by atoms with Crippen LogP contribution in [0.5, 0.6) is 5.75 Å².